The first kappa shape index (κ1) is 10.4. The number of carbonyl (C=O) groups is 2. The lowest BCUT2D eigenvalue weighted by Gasteiger charge is -2.29. The first-order valence-electron chi connectivity index (χ1n) is 5.50. The number of esters is 1. The largest absolute Gasteiger partial charge is 0.465 e. The van der Waals surface area contributed by atoms with Crippen LogP contribution < -0.4 is 0 Å². The van der Waals surface area contributed by atoms with E-state index in [2.05, 4.69) is 6.58 Å². The van der Waals surface area contributed by atoms with Gasteiger partial charge in [0.05, 0.1) is 6.61 Å². The Bertz CT molecular complexity index is 322. The second-order valence-corrected chi connectivity index (χ2v) is 4.47. The van der Waals surface area contributed by atoms with Crippen LogP contribution in [0.4, 0.5) is 0 Å². The number of ketones is 1. The lowest BCUT2D eigenvalue weighted by molar-refractivity contribution is -0.158. The fourth-order valence-corrected chi connectivity index (χ4v) is 2.83. The van der Waals surface area contributed by atoms with Crippen LogP contribution >= 0.6 is 0 Å². The number of ether oxygens (including phenoxy) is 1. The topological polar surface area (TPSA) is 43.4 Å². The lowest BCUT2D eigenvalue weighted by Crippen LogP contribution is -2.41. The molecule has 2 bridgehead atoms. The average molecular weight is 208 g/mol. The summed E-state index contributed by atoms with van der Waals surface area (Å²) >= 11 is 0. The van der Waals surface area contributed by atoms with E-state index in [9.17, 15) is 9.59 Å². The maximum Gasteiger partial charge on any atom is 0.323 e. The standard InChI is InChI=1S/C12H16O3/c1-3-15-11(14)12-7-9(6-8(12)2)4-5-10(12)13/h9H,2-7H2,1H3. The SMILES string of the molecule is C=C1CC2CCC(=O)C1(C(=O)OCC)C2. The molecule has 2 unspecified atom stereocenters. The highest BCUT2D eigenvalue weighted by atomic mass is 16.5. The molecular formula is C12H16O3. The Hall–Kier alpha value is -1.12. The van der Waals surface area contributed by atoms with Crippen LogP contribution in [0.2, 0.25) is 0 Å². The Morgan fingerprint density at radius 3 is 3.07 bits per heavy atom. The van der Waals surface area contributed by atoms with Crippen molar-refractivity contribution in [3.05, 3.63) is 12.2 Å². The van der Waals surface area contributed by atoms with E-state index in [0.29, 0.717) is 25.4 Å². The fraction of sp³-hybridized carbons (Fsp3) is 0.667. The van der Waals surface area contributed by atoms with Gasteiger partial charge >= 0.3 is 5.97 Å². The number of hydrogen-bond acceptors (Lipinski definition) is 3. The molecule has 2 fully saturated rings. The molecule has 0 aromatic heterocycles. The van der Waals surface area contributed by atoms with E-state index in [1.54, 1.807) is 6.92 Å². The second kappa shape index (κ2) is 3.47. The van der Waals surface area contributed by atoms with Crippen molar-refractivity contribution >= 4 is 11.8 Å². The Morgan fingerprint density at radius 1 is 1.67 bits per heavy atom. The van der Waals surface area contributed by atoms with Gasteiger partial charge in [0.25, 0.3) is 0 Å². The summed E-state index contributed by atoms with van der Waals surface area (Å²) in [6, 6.07) is 0. The summed E-state index contributed by atoms with van der Waals surface area (Å²) in [5.41, 5.74) is -0.202. The number of rotatable bonds is 2. The minimum atomic E-state index is -0.973. The van der Waals surface area contributed by atoms with E-state index in [4.69, 9.17) is 4.74 Å². The molecule has 2 aliphatic rings. The van der Waals surface area contributed by atoms with Crippen LogP contribution in [0.25, 0.3) is 0 Å². The van der Waals surface area contributed by atoms with Crippen molar-refractivity contribution < 1.29 is 14.3 Å². The third-order valence-electron chi connectivity index (χ3n) is 3.61. The molecule has 0 amide bonds. The van der Waals surface area contributed by atoms with Crippen LogP contribution in [0.5, 0.6) is 0 Å². The van der Waals surface area contributed by atoms with Crippen LogP contribution in [0.1, 0.15) is 32.6 Å². The van der Waals surface area contributed by atoms with Crippen molar-refractivity contribution in [2.24, 2.45) is 11.3 Å². The van der Waals surface area contributed by atoms with Gasteiger partial charge in [0.2, 0.25) is 0 Å². The molecule has 0 spiro atoms. The van der Waals surface area contributed by atoms with Gasteiger partial charge in [-0.3, -0.25) is 9.59 Å². The number of Topliss-reactive ketones (excluding diaryl/α,β-unsaturated/α-hetero) is 1. The highest BCUT2D eigenvalue weighted by Gasteiger charge is 2.56. The summed E-state index contributed by atoms with van der Waals surface area (Å²) < 4.78 is 5.02. The molecular weight excluding hydrogens is 192 g/mol. The summed E-state index contributed by atoms with van der Waals surface area (Å²) in [7, 11) is 0. The van der Waals surface area contributed by atoms with E-state index in [0.717, 1.165) is 18.4 Å². The van der Waals surface area contributed by atoms with Crippen LogP contribution in [-0.2, 0) is 14.3 Å². The molecule has 15 heavy (non-hydrogen) atoms. The van der Waals surface area contributed by atoms with Gasteiger partial charge < -0.3 is 4.74 Å². The van der Waals surface area contributed by atoms with Crippen molar-refractivity contribution in [3.8, 4) is 0 Å². The van der Waals surface area contributed by atoms with Crippen molar-refractivity contribution in [3.63, 3.8) is 0 Å². The normalized spacial score (nSPS) is 34.3. The molecule has 3 nitrogen and oxygen atoms in total. The van der Waals surface area contributed by atoms with Crippen LogP contribution in [0.15, 0.2) is 12.2 Å². The smallest absolute Gasteiger partial charge is 0.323 e. The molecule has 2 rings (SSSR count). The highest BCUT2D eigenvalue weighted by molar-refractivity contribution is 6.08. The van der Waals surface area contributed by atoms with Gasteiger partial charge in [0, 0.05) is 6.42 Å². The number of fused-ring (bicyclic) bond motifs is 2. The van der Waals surface area contributed by atoms with Crippen molar-refractivity contribution in [1.29, 1.82) is 0 Å². The third kappa shape index (κ3) is 1.33. The van der Waals surface area contributed by atoms with Crippen molar-refractivity contribution in [2.45, 2.75) is 32.6 Å². The zero-order valence-corrected chi connectivity index (χ0v) is 9.04. The third-order valence-corrected chi connectivity index (χ3v) is 3.61. The number of hydrogen-bond donors (Lipinski definition) is 0. The minimum absolute atomic E-state index is 0.0136. The zero-order valence-electron chi connectivity index (χ0n) is 9.04. The van der Waals surface area contributed by atoms with Gasteiger partial charge in [-0.05, 0) is 32.1 Å². The van der Waals surface area contributed by atoms with Gasteiger partial charge in [-0.25, -0.2) is 0 Å². The van der Waals surface area contributed by atoms with E-state index < -0.39 is 5.41 Å². The van der Waals surface area contributed by atoms with Gasteiger partial charge in [0.1, 0.15) is 5.41 Å². The summed E-state index contributed by atoms with van der Waals surface area (Å²) in [6.45, 7) is 5.99. The van der Waals surface area contributed by atoms with Crippen molar-refractivity contribution in [2.75, 3.05) is 6.61 Å². The van der Waals surface area contributed by atoms with Gasteiger partial charge in [-0.15, -0.1) is 0 Å². The lowest BCUT2D eigenvalue weighted by atomic mass is 9.73. The molecule has 0 aromatic carbocycles. The van der Waals surface area contributed by atoms with E-state index in [1.807, 2.05) is 0 Å². The molecule has 2 aliphatic carbocycles. The van der Waals surface area contributed by atoms with Crippen LogP contribution in [0, 0.1) is 11.3 Å². The van der Waals surface area contributed by atoms with E-state index in [1.165, 1.54) is 0 Å². The van der Waals surface area contributed by atoms with Gasteiger partial charge in [0.15, 0.2) is 5.78 Å². The van der Waals surface area contributed by atoms with Gasteiger partial charge in [-0.2, -0.15) is 0 Å². The monoisotopic (exact) mass is 208 g/mol. The molecule has 0 aliphatic heterocycles. The predicted octanol–water partition coefficient (Wildman–Crippen LogP) is 1.86. The first-order valence-corrected chi connectivity index (χ1v) is 5.50. The van der Waals surface area contributed by atoms with Crippen LogP contribution in [-0.4, -0.2) is 18.4 Å². The predicted molar refractivity (Wildman–Crippen MR) is 55.2 cm³/mol. The zero-order chi connectivity index (χ0) is 11.1. The minimum Gasteiger partial charge on any atom is -0.465 e. The number of carbonyl (C=O) groups excluding carboxylic acids is 2. The Kier molecular flexibility index (Phi) is 2.41. The highest BCUT2D eigenvalue weighted by Crippen LogP contribution is 2.52. The molecule has 2 atom stereocenters. The average Bonchev–Trinajstić information content (AvgIpc) is 2.48. The summed E-state index contributed by atoms with van der Waals surface area (Å²) in [4.78, 5) is 23.8. The Labute approximate surface area is 89.5 Å². The molecule has 82 valence electrons. The Morgan fingerprint density at radius 2 is 2.40 bits per heavy atom. The van der Waals surface area contributed by atoms with Crippen molar-refractivity contribution in [1.82, 2.24) is 0 Å². The van der Waals surface area contributed by atoms with E-state index >= 15 is 0 Å². The molecule has 0 radical (unpaired) electrons. The van der Waals surface area contributed by atoms with Crippen LogP contribution in [0.3, 0.4) is 0 Å². The fourth-order valence-electron chi connectivity index (χ4n) is 2.83. The Balaban J connectivity index is 2.33. The maximum atomic E-state index is 11.9. The molecule has 0 heterocycles. The molecule has 2 saturated carbocycles. The van der Waals surface area contributed by atoms with E-state index in [-0.39, 0.29) is 11.8 Å². The first-order chi connectivity index (χ1) is 7.11. The summed E-state index contributed by atoms with van der Waals surface area (Å²) in [5, 5.41) is 0. The summed E-state index contributed by atoms with van der Waals surface area (Å²) in [5.74, 6) is 0.0986. The maximum absolute atomic E-state index is 11.9. The molecule has 0 aromatic rings. The molecule has 0 N–H and O–H groups in total. The molecule has 0 saturated heterocycles. The molecule has 3 heteroatoms. The quantitative estimate of drug-likeness (QED) is 0.395. The summed E-state index contributed by atoms with van der Waals surface area (Å²) in [6.07, 6.45) is 2.84. The second-order valence-electron chi connectivity index (χ2n) is 4.47. The van der Waals surface area contributed by atoms with Gasteiger partial charge in [-0.1, -0.05) is 12.2 Å².